The predicted molar refractivity (Wildman–Crippen MR) is 72.9 cm³/mol. The van der Waals surface area contributed by atoms with Gasteiger partial charge in [0.05, 0.1) is 10.2 Å². The molecule has 0 aliphatic carbocycles. The van der Waals surface area contributed by atoms with Crippen LogP contribution in [0.4, 0.5) is 5.69 Å². The van der Waals surface area contributed by atoms with Crippen molar-refractivity contribution in [2.24, 2.45) is 0 Å². The molecule has 0 fully saturated rings. The molecule has 0 aromatic carbocycles. The van der Waals surface area contributed by atoms with Gasteiger partial charge < -0.3 is 10.6 Å². The lowest BCUT2D eigenvalue weighted by atomic mass is 10.1. The first-order valence-corrected chi connectivity index (χ1v) is 6.27. The third-order valence-corrected chi connectivity index (χ3v) is 2.67. The molecule has 2 N–H and O–H groups in total. The van der Waals surface area contributed by atoms with Crippen molar-refractivity contribution >= 4 is 27.5 Å². The summed E-state index contributed by atoms with van der Waals surface area (Å²) in [5, 5.41) is 6.06. The first-order chi connectivity index (χ1) is 7.79. The molecule has 1 aromatic rings. The van der Waals surface area contributed by atoms with E-state index < -0.39 is 0 Å². The van der Waals surface area contributed by atoms with Gasteiger partial charge in [-0.2, -0.15) is 0 Å². The number of halogens is 1. The number of pyridine rings is 1. The smallest absolute Gasteiger partial charge is 0.242 e. The van der Waals surface area contributed by atoms with E-state index in [1.54, 1.807) is 12.4 Å². The molecule has 0 saturated heterocycles. The third-order valence-electron chi connectivity index (χ3n) is 2.04. The lowest BCUT2D eigenvalue weighted by molar-refractivity contribution is -0.122. The Morgan fingerprint density at radius 3 is 2.65 bits per heavy atom. The summed E-state index contributed by atoms with van der Waals surface area (Å²) in [5.74, 6) is -0.0267. The molecule has 0 aliphatic rings. The largest absolute Gasteiger partial charge is 0.373 e. The summed E-state index contributed by atoms with van der Waals surface area (Å²) in [6.45, 7) is 7.70. The molecule has 0 saturated carbocycles. The molecule has 1 heterocycles. The van der Waals surface area contributed by atoms with Crippen molar-refractivity contribution in [3.63, 3.8) is 0 Å². The molecule has 0 aliphatic heterocycles. The highest BCUT2D eigenvalue weighted by Crippen LogP contribution is 2.20. The van der Waals surface area contributed by atoms with Crippen LogP contribution in [0, 0.1) is 0 Å². The Morgan fingerprint density at radius 1 is 1.47 bits per heavy atom. The molecule has 1 rings (SSSR count). The Bertz CT molecular complexity index is 401. The molecule has 0 spiro atoms. The van der Waals surface area contributed by atoms with Gasteiger partial charge in [0, 0.05) is 17.9 Å². The fourth-order valence-corrected chi connectivity index (χ4v) is 1.63. The number of aromatic nitrogens is 1. The molecule has 0 radical (unpaired) electrons. The van der Waals surface area contributed by atoms with E-state index in [9.17, 15) is 4.79 Å². The second kappa shape index (κ2) is 5.49. The Hall–Kier alpha value is -1.10. The number of nitrogens with one attached hydrogen (secondary N) is 2. The van der Waals surface area contributed by atoms with E-state index in [-0.39, 0.29) is 17.5 Å². The maximum atomic E-state index is 11.9. The number of hydrogen-bond donors (Lipinski definition) is 2. The highest BCUT2D eigenvalue weighted by molar-refractivity contribution is 9.10. The molecule has 1 aromatic heterocycles. The fraction of sp³-hybridized carbons (Fsp3) is 0.500. The first-order valence-electron chi connectivity index (χ1n) is 5.47. The lowest BCUT2D eigenvalue weighted by Crippen LogP contribution is -2.47. The standard InChI is InChI=1S/C12H18BrN3O/c1-8(11(17)16-12(2,3)4)15-10-5-6-14-7-9(10)13/h5-8H,1-4H3,(H,14,15)(H,16,17). The quantitative estimate of drug-likeness (QED) is 0.902. The van der Waals surface area contributed by atoms with Crippen LogP contribution in [0.15, 0.2) is 22.9 Å². The minimum absolute atomic E-state index is 0.0267. The normalized spacial score (nSPS) is 13.0. The predicted octanol–water partition coefficient (Wildman–Crippen LogP) is 2.56. The van der Waals surface area contributed by atoms with Crippen molar-refractivity contribution in [1.29, 1.82) is 0 Å². The third kappa shape index (κ3) is 4.73. The van der Waals surface area contributed by atoms with Crippen LogP contribution < -0.4 is 10.6 Å². The summed E-state index contributed by atoms with van der Waals surface area (Å²) in [5.41, 5.74) is 0.638. The Kier molecular flexibility index (Phi) is 4.51. The van der Waals surface area contributed by atoms with Gasteiger partial charge in [0.25, 0.3) is 0 Å². The number of rotatable bonds is 3. The van der Waals surface area contributed by atoms with E-state index in [1.165, 1.54) is 0 Å². The molecule has 0 bridgehead atoms. The summed E-state index contributed by atoms with van der Waals surface area (Å²) < 4.78 is 0.843. The molecule has 4 nitrogen and oxygen atoms in total. The van der Waals surface area contributed by atoms with E-state index in [2.05, 4.69) is 31.5 Å². The van der Waals surface area contributed by atoms with Crippen LogP contribution in [-0.4, -0.2) is 22.5 Å². The van der Waals surface area contributed by atoms with Crippen molar-refractivity contribution in [1.82, 2.24) is 10.3 Å². The van der Waals surface area contributed by atoms with Gasteiger partial charge in [0.15, 0.2) is 0 Å². The maximum Gasteiger partial charge on any atom is 0.242 e. The molecule has 1 amide bonds. The van der Waals surface area contributed by atoms with Crippen molar-refractivity contribution in [3.05, 3.63) is 22.9 Å². The number of carbonyl (C=O) groups excluding carboxylic acids is 1. The highest BCUT2D eigenvalue weighted by atomic mass is 79.9. The molecule has 17 heavy (non-hydrogen) atoms. The van der Waals surface area contributed by atoms with Gasteiger partial charge in [-0.15, -0.1) is 0 Å². The zero-order valence-electron chi connectivity index (χ0n) is 10.5. The van der Waals surface area contributed by atoms with E-state index in [1.807, 2.05) is 33.8 Å². The Morgan fingerprint density at radius 2 is 2.12 bits per heavy atom. The van der Waals surface area contributed by atoms with E-state index in [0.717, 1.165) is 10.2 Å². The first kappa shape index (κ1) is 14.0. The summed E-state index contributed by atoms with van der Waals surface area (Å²) in [6, 6.07) is 1.53. The van der Waals surface area contributed by atoms with Crippen LogP contribution in [0.3, 0.4) is 0 Å². The Labute approximate surface area is 110 Å². The number of hydrogen-bond acceptors (Lipinski definition) is 3. The SMILES string of the molecule is CC(Nc1ccncc1Br)C(=O)NC(C)(C)C. The molecule has 1 atom stereocenters. The fourth-order valence-electron chi connectivity index (χ4n) is 1.27. The van der Waals surface area contributed by atoms with Crippen molar-refractivity contribution in [2.75, 3.05) is 5.32 Å². The van der Waals surface area contributed by atoms with Gasteiger partial charge in [-0.3, -0.25) is 9.78 Å². The van der Waals surface area contributed by atoms with Gasteiger partial charge in [-0.25, -0.2) is 0 Å². The van der Waals surface area contributed by atoms with E-state index in [0.29, 0.717) is 0 Å². The monoisotopic (exact) mass is 299 g/mol. The summed E-state index contributed by atoms with van der Waals surface area (Å²) in [7, 11) is 0. The van der Waals surface area contributed by atoms with Crippen LogP contribution in [0.1, 0.15) is 27.7 Å². The highest BCUT2D eigenvalue weighted by Gasteiger charge is 2.19. The van der Waals surface area contributed by atoms with Crippen molar-refractivity contribution in [3.8, 4) is 0 Å². The van der Waals surface area contributed by atoms with E-state index >= 15 is 0 Å². The van der Waals surface area contributed by atoms with Crippen LogP contribution in [0.5, 0.6) is 0 Å². The van der Waals surface area contributed by atoms with Crippen LogP contribution in [-0.2, 0) is 4.79 Å². The second-order valence-corrected chi connectivity index (χ2v) is 5.82. The summed E-state index contributed by atoms with van der Waals surface area (Å²) in [6.07, 6.45) is 3.37. The summed E-state index contributed by atoms with van der Waals surface area (Å²) >= 11 is 3.38. The number of nitrogens with zero attached hydrogens (tertiary/aromatic N) is 1. The molecular weight excluding hydrogens is 282 g/mol. The average molecular weight is 300 g/mol. The topological polar surface area (TPSA) is 54.0 Å². The molecular formula is C12H18BrN3O. The van der Waals surface area contributed by atoms with Crippen LogP contribution >= 0.6 is 15.9 Å². The number of anilines is 1. The lowest BCUT2D eigenvalue weighted by Gasteiger charge is -2.24. The minimum Gasteiger partial charge on any atom is -0.373 e. The zero-order chi connectivity index (χ0) is 13.1. The van der Waals surface area contributed by atoms with Gasteiger partial charge in [0.2, 0.25) is 5.91 Å². The van der Waals surface area contributed by atoms with Crippen LogP contribution in [0.25, 0.3) is 0 Å². The number of amides is 1. The second-order valence-electron chi connectivity index (χ2n) is 4.96. The van der Waals surface area contributed by atoms with Gasteiger partial charge in [-0.05, 0) is 49.7 Å². The number of carbonyl (C=O) groups is 1. The van der Waals surface area contributed by atoms with Gasteiger partial charge in [-0.1, -0.05) is 0 Å². The zero-order valence-corrected chi connectivity index (χ0v) is 12.1. The van der Waals surface area contributed by atoms with Crippen LogP contribution in [0.2, 0.25) is 0 Å². The van der Waals surface area contributed by atoms with Crippen molar-refractivity contribution < 1.29 is 4.79 Å². The average Bonchev–Trinajstić information content (AvgIpc) is 2.18. The Balaban J connectivity index is 2.64. The molecule has 94 valence electrons. The summed E-state index contributed by atoms with van der Waals surface area (Å²) in [4.78, 5) is 15.8. The van der Waals surface area contributed by atoms with Crippen molar-refractivity contribution in [2.45, 2.75) is 39.3 Å². The molecule has 1 unspecified atom stereocenters. The minimum atomic E-state index is -0.298. The molecule has 5 heteroatoms. The van der Waals surface area contributed by atoms with E-state index in [4.69, 9.17) is 0 Å². The van der Waals surface area contributed by atoms with Gasteiger partial charge in [0.1, 0.15) is 6.04 Å². The van der Waals surface area contributed by atoms with Gasteiger partial charge >= 0.3 is 0 Å². The maximum absolute atomic E-state index is 11.9.